The molecule has 0 aliphatic carbocycles. The Morgan fingerprint density at radius 1 is 0.941 bits per heavy atom. The van der Waals surface area contributed by atoms with Crippen molar-refractivity contribution in [2.24, 2.45) is 0 Å². The van der Waals surface area contributed by atoms with Crippen LogP contribution in [0.1, 0.15) is 30.9 Å². The van der Waals surface area contributed by atoms with Gasteiger partial charge in [-0.1, -0.05) is 49.7 Å². The van der Waals surface area contributed by atoms with Crippen molar-refractivity contribution in [3.63, 3.8) is 0 Å². The Bertz CT molecular complexity index is 486. The van der Waals surface area contributed by atoms with Gasteiger partial charge >= 0.3 is 0 Å². The lowest BCUT2D eigenvalue weighted by molar-refractivity contribution is 0.473. The molecule has 0 aromatic heterocycles. The summed E-state index contributed by atoms with van der Waals surface area (Å²) >= 11 is 0. The zero-order chi connectivity index (χ0) is 12.3. The highest BCUT2D eigenvalue weighted by molar-refractivity contribution is 5.41. The first-order valence-corrected chi connectivity index (χ1v) is 6.00. The normalized spacial score (nSPS) is 10.6. The van der Waals surface area contributed by atoms with Crippen LogP contribution in [0, 0.1) is 6.92 Å². The monoisotopic (exact) mass is 226 g/mol. The van der Waals surface area contributed by atoms with Gasteiger partial charge in [0.2, 0.25) is 0 Å². The van der Waals surface area contributed by atoms with Gasteiger partial charge in [-0.25, -0.2) is 0 Å². The lowest BCUT2D eigenvalue weighted by atomic mass is 10.00. The quantitative estimate of drug-likeness (QED) is 0.722. The molecule has 0 unspecified atom stereocenters. The van der Waals surface area contributed by atoms with E-state index in [9.17, 15) is 0 Å². The van der Waals surface area contributed by atoms with Crippen molar-refractivity contribution >= 4 is 0 Å². The van der Waals surface area contributed by atoms with Gasteiger partial charge in [0, 0.05) is 0 Å². The highest BCUT2D eigenvalue weighted by atomic mass is 16.5. The van der Waals surface area contributed by atoms with Crippen molar-refractivity contribution in [3.8, 4) is 11.5 Å². The van der Waals surface area contributed by atoms with Crippen LogP contribution in [-0.4, -0.2) is 0 Å². The van der Waals surface area contributed by atoms with Gasteiger partial charge in [-0.15, -0.1) is 0 Å². The summed E-state index contributed by atoms with van der Waals surface area (Å²) in [7, 11) is 0. The molecule has 0 amide bonds. The predicted molar refractivity (Wildman–Crippen MR) is 71.8 cm³/mol. The SMILES string of the molecule is Cc1ccc(Oc2ccccc2)c(C(C)C)c1. The van der Waals surface area contributed by atoms with E-state index in [2.05, 4.69) is 39.0 Å². The van der Waals surface area contributed by atoms with Crippen LogP contribution in [0.4, 0.5) is 0 Å². The van der Waals surface area contributed by atoms with Gasteiger partial charge in [-0.05, 0) is 36.6 Å². The molecule has 0 aliphatic heterocycles. The lowest BCUT2D eigenvalue weighted by Crippen LogP contribution is -1.94. The summed E-state index contributed by atoms with van der Waals surface area (Å²) in [6.45, 7) is 6.48. The first-order chi connectivity index (χ1) is 8.16. The van der Waals surface area contributed by atoms with E-state index in [1.54, 1.807) is 0 Å². The number of hydrogen-bond donors (Lipinski definition) is 0. The first-order valence-electron chi connectivity index (χ1n) is 6.00. The highest BCUT2D eigenvalue weighted by Gasteiger charge is 2.08. The third-order valence-electron chi connectivity index (χ3n) is 2.76. The van der Waals surface area contributed by atoms with Crippen molar-refractivity contribution in [2.75, 3.05) is 0 Å². The maximum atomic E-state index is 5.93. The summed E-state index contributed by atoms with van der Waals surface area (Å²) in [5.41, 5.74) is 2.53. The molecule has 2 rings (SSSR count). The molecule has 17 heavy (non-hydrogen) atoms. The summed E-state index contributed by atoms with van der Waals surface area (Å²) in [6.07, 6.45) is 0. The second-order valence-corrected chi connectivity index (χ2v) is 4.61. The van der Waals surface area contributed by atoms with Crippen LogP contribution >= 0.6 is 0 Å². The molecule has 0 N–H and O–H groups in total. The number of ether oxygens (including phenoxy) is 1. The summed E-state index contributed by atoms with van der Waals surface area (Å²) < 4.78 is 5.93. The van der Waals surface area contributed by atoms with Crippen LogP contribution in [0.2, 0.25) is 0 Å². The minimum absolute atomic E-state index is 0.466. The molecule has 0 heterocycles. The standard InChI is InChI=1S/C16H18O/c1-12(2)15-11-13(3)9-10-16(15)17-14-7-5-4-6-8-14/h4-12H,1-3H3. The van der Waals surface area contributed by atoms with Gasteiger partial charge in [0.05, 0.1) is 0 Å². The Hall–Kier alpha value is -1.76. The largest absolute Gasteiger partial charge is 0.457 e. The van der Waals surface area contributed by atoms with E-state index >= 15 is 0 Å². The second kappa shape index (κ2) is 5.05. The summed E-state index contributed by atoms with van der Waals surface area (Å²) in [4.78, 5) is 0. The van der Waals surface area contributed by atoms with E-state index in [4.69, 9.17) is 4.74 Å². The third kappa shape index (κ3) is 2.88. The van der Waals surface area contributed by atoms with Crippen molar-refractivity contribution < 1.29 is 4.74 Å². The van der Waals surface area contributed by atoms with Gasteiger partial charge in [0.15, 0.2) is 0 Å². The second-order valence-electron chi connectivity index (χ2n) is 4.61. The fourth-order valence-corrected chi connectivity index (χ4v) is 1.83. The minimum Gasteiger partial charge on any atom is -0.457 e. The maximum absolute atomic E-state index is 5.93. The predicted octanol–water partition coefficient (Wildman–Crippen LogP) is 4.91. The first kappa shape index (κ1) is 11.7. The molecule has 1 heteroatoms. The molecule has 2 aromatic carbocycles. The molecule has 1 nitrogen and oxygen atoms in total. The molecular weight excluding hydrogens is 208 g/mol. The van der Waals surface area contributed by atoms with Crippen molar-refractivity contribution in [3.05, 3.63) is 59.7 Å². The van der Waals surface area contributed by atoms with E-state index in [1.807, 2.05) is 30.3 Å². The van der Waals surface area contributed by atoms with E-state index in [0.717, 1.165) is 11.5 Å². The summed E-state index contributed by atoms with van der Waals surface area (Å²) in [5, 5.41) is 0. The van der Waals surface area contributed by atoms with Crippen LogP contribution in [0.15, 0.2) is 48.5 Å². The molecule has 0 bridgehead atoms. The molecule has 2 aromatic rings. The Balaban J connectivity index is 2.33. The van der Waals surface area contributed by atoms with Gasteiger partial charge in [0.25, 0.3) is 0 Å². The molecule has 0 aliphatic rings. The number of rotatable bonds is 3. The highest BCUT2D eigenvalue weighted by Crippen LogP contribution is 2.31. The van der Waals surface area contributed by atoms with E-state index in [1.165, 1.54) is 11.1 Å². The fraction of sp³-hybridized carbons (Fsp3) is 0.250. The Morgan fingerprint density at radius 2 is 1.65 bits per heavy atom. The Kier molecular flexibility index (Phi) is 3.48. The van der Waals surface area contributed by atoms with Gasteiger partial charge in [0.1, 0.15) is 11.5 Å². The van der Waals surface area contributed by atoms with Crippen molar-refractivity contribution in [1.29, 1.82) is 0 Å². The molecule has 0 saturated carbocycles. The molecule has 88 valence electrons. The molecule has 0 saturated heterocycles. The molecule has 0 fully saturated rings. The fourth-order valence-electron chi connectivity index (χ4n) is 1.83. The number of benzene rings is 2. The van der Waals surface area contributed by atoms with Gasteiger partial charge < -0.3 is 4.74 Å². The average molecular weight is 226 g/mol. The number of aryl methyl sites for hydroxylation is 1. The average Bonchev–Trinajstić information content (AvgIpc) is 2.32. The maximum Gasteiger partial charge on any atom is 0.130 e. The zero-order valence-corrected chi connectivity index (χ0v) is 10.6. The summed E-state index contributed by atoms with van der Waals surface area (Å²) in [6, 6.07) is 16.3. The number of para-hydroxylation sites is 1. The van der Waals surface area contributed by atoms with Crippen LogP contribution in [-0.2, 0) is 0 Å². The van der Waals surface area contributed by atoms with E-state index in [0.29, 0.717) is 5.92 Å². The topological polar surface area (TPSA) is 9.23 Å². The Morgan fingerprint density at radius 3 is 2.29 bits per heavy atom. The smallest absolute Gasteiger partial charge is 0.130 e. The van der Waals surface area contributed by atoms with Crippen molar-refractivity contribution in [1.82, 2.24) is 0 Å². The van der Waals surface area contributed by atoms with E-state index in [-0.39, 0.29) is 0 Å². The molecular formula is C16H18O. The minimum atomic E-state index is 0.466. The molecule has 0 spiro atoms. The van der Waals surface area contributed by atoms with Crippen LogP contribution in [0.5, 0.6) is 11.5 Å². The van der Waals surface area contributed by atoms with Gasteiger partial charge in [-0.3, -0.25) is 0 Å². The number of hydrogen-bond acceptors (Lipinski definition) is 1. The van der Waals surface area contributed by atoms with Crippen LogP contribution in [0.3, 0.4) is 0 Å². The zero-order valence-electron chi connectivity index (χ0n) is 10.6. The van der Waals surface area contributed by atoms with E-state index < -0.39 is 0 Å². The molecule has 0 radical (unpaired) electrons. The van der Waals surface area contributed by atoms with Crippen LogP contribution in [0.25, 0.3) is 0 Å². The third-order valence-corrected chi connectivity index (χ3v) is 2.76. The van der Waals surface area contributed by atoms with Crippen LogP contribution < -0.4 is 4.74 Å². The van der Waals surface area contributed by atoms with Crippen molar-refractivity contribution in [2.45, 2.75) is 26.7 Å². The lowest BCUT2D eigenvalue weighted by Gasteiger charge is -2.14. The van der Waals surface area contributed by atoms with Gasteiger partial charge in [-0.2, -0.15) is 0 Å². The summed E-state index contributed by atoms with van der Waals surface area (Å²) in [5.74, 6) is 2.31. The Labute approximate surface area is 103 Å². The molecule has 0 atom stereocenters.